The number of carbonyl (C=O) groups is 1. The van der Waals surface area contributed by atoms with E-state index in [2.05, 4.69) is 10.2 Å². The van der Waals surface area contributed by atoms with Gasteiger partial charge in [0.15, 0.2) is 0 Å². The van der Waals surface area contributed by atoms with Gasteiger partial charge in [0.1, 0.15) is 6.10 Å². The van der Waals surface area contributed by atoms with Crippen molar-refractivity contribution in [2.24, 2.45) is 0 Å². The fourth-order valence-electron chi connectivity index (χ4n) is 2.66. The molecule has 0 unspecified atom stereocenters. The number of nitrogens with zero attached hydrogens (tertiary/aromatic N) is 1. The van der Waals surface area contributed by atoms with Gasteiger partial charge in [-0.15, -0.1) is 0 Å². The van der Waals surface area contributed by atoms with Gasteiger partial charge >= 0.3 is 0 Å². The Morgan fingerprint density at radius 3 is 2.75 bits per heavy atom. The molecule has 20 heavy (non-hydrogen) atoms. The number of hydrogen-bond donors (Lipinski definition) is 1. The SMILES string of the molecule is O=C(Nc1ccccc1N1CCOCC1)[C@H]1CCCO1. The maximum Gasteiger partial charge on any atom is 0.253 e. The van der Waals surface area contributed by atoms with E-state index in [-0.39, 0.29) is 12.0 Å². The summed E-state index contributed by atoms with van der Waals surface area (Å²) in [6.45, 7) is 3.85. The molecule has 1 aromatic carbocycles. The number of ether oxygens (including phenoxy) is 2. The first-order valence-electron chi connectivity index (χ1n) is 7.19. The highest BCUT2D eigenvalue weighted by Crippen LogP contribution is 2.27. The fourth-order valence-corrected chi connectivity index (χ4v) is 2.66. The lowest BCUT2D eigenvalue weighted by Crippen LogP contribution is -2.37. The van der Waals surface area contributed by atoms with Crippen LogP contribution < -0.4 is 10.2 Å². The van der Waals surface area contributed by atoms with Gasteiger partial charge in [-0.3, -0.25) is 4.79 Å². The maximum atomic E-state index is 12.2. The van der Waals surface area contributed by atoms with E-state index in [4.69, 9.17) is 9.47 Å². The quantitative estimate of drug-likeness (QED) is 0.912. The molecule has 0 spiro atoms. The van der Waals surface area contributed by atoms with E-state index in [9.17, 15) is 4.79 Å². The summed E-state index contributed by atoms with van der Waals surface area (Å²) >= 11 is 0. The second-order valence-electron chi connectivity index (χ2n) is 5.11. The van der Waals surface area contributed by atoms with E-state index in [1.165, 1.54) is 0 Å². The minimum Gasteiger partial charge on any atom is -0.378 e. The van der Waals surface area contributed by atoms with Crippen LogP contribution in [0.4, 0.5) is 11.4 Å². The molecule has 1 amide bonds. The standard InChI is InChI=1S/C15H20N2O3/c18-15(14-6-3-9-20-14)16-12-4-1-2-5-13(12)17-7-10-19-11-8-17/h1-2,4-5,14H,3,6-11H2,(H,16,18)/t14-/m1/s1. The lowest BCUT2D eigenvalue weighted by molar-refractivity contribution is -0.124. The summed E-state index contributed by atoms with van der Waals surface area (Å²) < 4.78 is 10.8. The average molecular weight is 276 g/mol. The van der Waals surface area contributed by atoms with E-state index in [1.54, 1.807) is 0 Å². The first-order chi connectivity index (χ1) is 9.84. The van der Waals surface area contributed by atoms with Crippen molar-refractivity contribution in [3.05, 3.63) is 24.3 Å². The van der Waals surface area contributed by atoms with Crippen LogP contribution in [0.25, 0.3) is 0 Å². The second kappa shape index (κ2) is 6.24. The van der Waals surface area contributed by atoms with Gasteiger partial charge in [-0.05, 0) is 25.0 Å². The molecule has 0 saturated carbocycles. The van der Waals surface area contributed by atoms with Crippen molar-refractivity contribution in [2.75, 3.05) is 43.1 Å². The smallest absolute Gasteiger partial charge is 0.253 e. The molecular formula is C15H20N2O3. The van der Waals surface area contributed by atoms with E-state index < -0.39 is 0 Å². The molecule has 2 fully saturated rings. The van der Waals surface area contributed by atoms with E-state index in [1.807, 2.05) is 24.3 Å². The Bertz CT molecular complexity index is 466. The molecule has 2 aliphatic heterocycles. The van der Waals surface area contributed by atoms with Crippen molar-refractivity contribution in [1.29, 1.82) is 0 Å². The molecule has 5 nitrogen and oxygen atoms in total. The number of morpholine rings is 1. The third kappa shape index (κ3) is 2.94. The number of carbonyl (C=O) groups excluding carboxylic acids is 1. The van der Waals surface area contributed by atoms with Crippen LogP contribution in [0.2, 0.25) is 0 Å². The van der Waals surface area contributed by atoms with Crippen LogP contribution in [-0.2, 0) is 14.3 Å². The summed E-state index contributed by atoms with van der Waals surface area (Å²) in [4.78, 5) is 14.4. The molecule has 1 aromatic rings. The topological polar surface area (TPSA) is 50.8 Å². The largest absolute Gasteiger partial charge is 0.378 e. The summed E-state index contributed by atoms with van der Waals surface area (Å²) in [5, 5.41) is 3.00. The molecule has 0 aliphatic carbocycles. The minimum absolute atomic E-state index is 0.0387. The van der Waals surface area contributed by atoms with Gasteiger partial charge in [0, 0.05) is 19.7 Å². The fraction of sp³-hybridized carbons (Fsp3) is 0.533. The highest BCUT2D eigenvalue weighted by atomic mass is 16.5. The van der Waals surface area contributed by atoms with E-state index in [0.29, 0.717) is 6.61 Å². The van der Waals surface area contributed by atoms with Gasteiger partial charge in [-0.2, -0.15) is 0 Å². The number of benzene rings is 1. The lowest BCUT2D eigenvalue weighted by atomic mass is 10.2. The van der Waals surface area contributed by atoms with Crippen molar-refractivity contribution < 1.29 is 14.3 Å². The normalized spacial score (nSPS) is 22.8. The van der Waals surface area contributed by atoms with E-state index in [0.717, 1.165) is 50.5 Å². The Hall–Kier alpha value is -1.59. The lowest BCUT2D eigenvalue weighted by Gasteiger charge is -2.30. The van der Waals surface area contributed by atoms with Crippen molar-refractivity contribution >= 4 is 17.3 Å². The molecule has 108 valence electrons. The highest BCUT2D eigenvalue weighted by Gasteiger charge is 2.24. The molecule has 3 rings (SSSR count). The zero-order valence-electron chi connectivity index (χ0n) is 11.5. The monoisotopic (exact) mass is 276 g/mol. The van der Waals surface area contributed by atoms with Crippen molar-refractivity contribution in [3.8, 4) is 0 Å². The average Bonchev–Trinajstić information content (AvgIpc) is 3.03. The minimum atomic E-state index is -0.298. The van der Waals surface area contributed by atoms with Crippen LogP contribution in [0.3, 0.4) is 0 Å². The van der Waals surface area contributed by atoms with Gasteiger partial charge in [-0.25, -0.2) is 0 Å². The summed E-state index contributed by atoms with van der Waals surface area (Å²) in [5.74, 6) is -0.0387. The van der Waals surface area contributed by atoms with Gasteiger partial charge < -0.3 is 19.7 Å². The Morgan fingerprint density at radius 2 is 2.00 bits per heavy atom. The van der Waals surface area contributed by atoms with Crippen LogP contribution in [0.15, 0.2) is 24.3 Å². The summed E-state index contributed by atoms with van der Waals surface area (Å²) in [7, 11) is 0. The molecule has 1 atom stereocenters. The number of nitrogens with one attached hydrogen (secondary N) is 1. The molecule has 0 bridgehead atoms. The molecular weight excluding hydrogens is 256 g/mol. The number of amides is 1. The van der Waals surface area contributed by atoms with Gasteiger partial charge in [0.25, 0.3) is 5.91 Å². The van der Waals surface area contributed by atoms with Gasteiger partial charge in [0.2, 0.25) is 0 Å². The molecule has 2 aliphatic rings. The van der Waals surface area contributed by atoms with Crippen molar-refractivity contribution in [2.45, 2.75) is 18.9 Å². The Morgan fingerprint density at radius 1 is 1.20 bits per heavy atom. The third-order valence-electron chi connectivity index (χ3n) is 3.74. The first-order valence-corrected chi connectivity index (χ1v) is 7.19. The number of para-hydroxylation sites is 2. The molecule has 5 heteroatoms. The van der Waals surface area contributed by atoms with Crippen molar-refractivity contribution in [3.63, 3.8) is 0 Å². The molecule has 0 aromatic heterocycles. The molecule has 1 N–H and O–H groups in total. The van der Waals surface area contributed by atoms with Gasteiger partial charge in [-0.1, -0.05) is 12.1 Å². The van der Waals surface area contributed by atoms with Crippen LogP contribution in [0, 0.1) is 0 Å². The zero-order chi connectivity index (χ0) is 13.8. The summed E-state index contributed by atoms with van der Waals surface area (Å²) in [6.07, 6.45) is 1.47. The second-order valence-corrected chi connectivity index (χ2v) is 5.11. The predicted molar refractivity (Wildman–Crippen MR) is 77.1 cm³/mol. The van der Waals surface area contributed by atoms with Crippen LogP contribution >= 0.6 is 0 Å². The Balaban J connectivity index is 1.73. The van der Waals surface area contributed by atoms with Crippen LogP contribution in [0.5, 0.6) is 0 Å². The number of anilines is 2. The highest BCUT2D eigenvalue weighted by molar-refractivity contribution is 5.97. The predicted octanol–water partition coefficient (Wildman–Crippen LogP) is 1.64. The van der Waals surface area contributed by atoms with Crippen molar-refractivity contribution in [1.82, 2.24) is 0 Å². The third-order valence-corrected chi connectivity index (χ3v) is 3.74. The summed E-state index contributed by atoms with van der Waals surface area (Å²) in [6, 6.07) is 7.91. The first kappa shape index (κ1) is 13.4. The van der Waals surface area contributed by atoms with Crippen LogP contribution in [-0.4, -0.2) is 44.9 Å². The molecule has 2 heterocycles. The number of rotatable bonds is 3. The Kier molecular flexibility index (Phi) is 4.18. The van der Waals surface area contributed by atoms with Gasteiger partial charge in [0.05, 0.1) is 24.6 Å². The zero-order valence-corrected chi connectivity index (χ0v) is 11.5. The maximum absolute atomic E-state index is 12.2. The molecule has 2 saturated heterocycles. The Labute approximate surface area is 118 Å². The summed E-state index contributed by atoms with van der Waals surface area (Å²) in [5.41, 5.74) is 1.91. The number of hydrogen-bond acceptors (Lipinski definition) is 4. The van der Waals surface area contributed by atoms with Crippen LogP contribution in [0.1, 0.15) is 12.8 Å². The van der Waals surface area contributed by atoms with E-state index >= 15 is 0 Å². The molecule has 0 radical (unpaired) electrons.